The Hall–Kier alpha value is -1.87. The highest BCUT2D eigenvalue weighted by atomic mass is 35.5. The molecule has 1 saturated heterocycles. The number of carbonyl (C=O) groups excluding carboxylic acids is 4. The quantitative estimate of drug-likeness (QED) is 0.407. The van der Waals surface area contributed by atoms with Crippen LogP contribution in [0.4, 0.5) is 0 Å². The number of esters is 3. The summed E-state index contributed by atoms with van der Waals surface area (Å²) in [5, 5.41) is 2.50. The Kier molecular flexibility index (Phi) is 7.43. The van der Waals surface area contributed by atoms with Gasteiger partial charge in [-0.15, -0.1) is 0 Å². The summed E-state index contributed by atoms with van der Waals surface area (Å²) in [6, 6.07) is -0.953. The summed E-state index contributed by atoms with van der Waals surface area (Å²) >= 11 is 6.11. The second-order valence-corrected chi connectivity index (χ2v) is 5.63. The highest BCUT2D eigenvalue weighted by Crippen LogP contribution is 2.28. The summed E-state index contributed by atoms with van der Waals surface area (Å²) in [6.45, 7) is 4.51. The molecule has 1 N–H and O–H groups in total. The van der Waals surface area contributed by atoms with Crippen LogP contribution in [0.2, 0.25) is 0 Å². The van der Waals surface area contributed by atoms with Crippen LogP contribution in [0.25, 0.3) is 0 Å². The minimum Gasteiger partial charge on any atom is -0.463 e. The molecule has 0 radical (unpaired) electrons. The van der Waals surface area contributed by atoms with Gasteiger partial charge in [-0.2, -0.15) is 0 Å². The van der Waals surface area contributed by atoms with Gasteiger partial charge in [0.05, 0.1) is 0 Å². The zero-order valence-electron chi connectivity index (χ0n) is 13.7. The molecule has 0 bridgehead atoms. The molecule has 0 aromatic heterocycles. The minimum absolute atomic E-state index is 0.263. The predicted molar refractivity (Wildman–Crippen MR) is 79.9 cm³/mol. The van der Waals surface area contributed by atoms with E-state index in [-0.39, 0.29) is 6.61 Å². The summed E-state index contributed by atoms with van der Waals surface area (Å²) in [4.78, 5) is 45.2. The van der Waals surface area contributed by atoms with E-state index in [0.717, 1.165) is 13.8 Å². The van der Waals surface area contributed by atoms with E-state index in [1.807, 2.05) is 0 Å². The van der Waals surface area contributed by atoms with E-state index in [1.54, 1.807) is 0 Å². The van der Waals surface area contributed by atoms with Gasteiger partial charge in [-0.1, -0.05) is 11.6 Å². The third kappa shape index (κ3) is 5.97. The molecule has 136 valence electrons. The SMILES string of the molecule is CC(=O)NC1C(OC(C)=O)[C@H](OC(C)=O)C(COC(C)=O)O[C@@H]1Cl. The van der Waals surface area contributed by atoms with Crippen LogP contribution >= 0.6 is 11.6 Å². The Bertz CT molecular complexity index is 511. The first-order valence-corrected chi connectivity index (χ1v) is 7.60. The van der Waals surface area contributed by atoms with Crippen molar-refractivity contribution >= 4 is 35.4 Å². The number of alkyl halides is 1. The number of rotatable bonds is 5. The Morgan fingerprint density at radius 3 is 1.96 bits per heavy atom. The molecule has 3 unspecified atom stereocenters. The van der Waals surface area contributed by atoms with E-state index in [1.165, 1.54) is 13.8 Å². The maximum absolute atomic E-state index is 11.4. The predicted octanol–water partition coefficient (Wildman–Crippen LogP) is -0.119. The third-order valence-electron chi connectivity index (χ3n) is 3.06. The summed E-state index contributed by atoms with van der Waals surface area (Å²) in [7, 11) is 0. The fraction of sp³-hybridized carbons (Fsp3) is 0.714. The maximum Gasteiger partial charge on any atom is 0.303 e. The second kappa shape index (κ2) is 8.84. The summed E-state index contributed by atoms with van der Waals surface area (Å²) in [6.07, 6.45) is -3.18. The van der Waals surface area contributed by atoms with E-state index in [2.05, 4.69) is 5.32 Å². The lowest BCUT2D eigenvalue weighted by Gasteiger charge is -2.43. The monoisotopic (exact) mass is 365 g/mol. The van der Waals surface area contributed by atoms with Crippen molar-refractivity contribution in [3.05, 3.63) is 0 Å². The summed E-state index contributed by atoms with van der Waals surface area (Å²) in [5.74, 6) is -2.33. The van der Waals surface area contributed by atoms with Crippen LogP contribution in [0.3, 0.4) is 0 Å². The topological polar surface area (TPSA) is 117 Å². The van der Waals surface area contributed by atoms with Crippen LogP contribution in [-0.2, 0) is 38.1 Å². The van der Waals surface area contributed by atoms with Crippen molar-refractivity contribution in [2.24, 2.45) is 0 Å². The summed E-state index contributed by atoms with van der Waals surface area (Å²) in [5.41, 5.74) is -1.09. The molecule has 1 fully saturated rings. The first kappa shape index (κ1) is 20.2. The Balaban J connectivity index is 3.11. The van der Waals surface area contributed by atoms with E-state index in [4.69, 9.17) is 30.5 Å². The Labute approximate surface area is 143 Å². The zero-order valence-corrected chi connectivity index (χ0v) is 14.5. The molecular formula is C14H20ClNO8. The van der Waals surface area contributed by atoms with E-state index < -0.39 is 53.7 Å². The van der Waals surface area contributed by atoms with Gasteiger partial charge in [0.25, 0.3) is 0 Å². The number of hydrogen-bond donors (Lipinski definition) is 1. The molecule has 0 aromatic rings. The van der Waals surface area contributed by atoms with Crippen molar-refractivity contribution in [3.8, 4) is 0 Å². The molecule has 0 spiro atoms. The van der Waals surface area contributed by atoms with Crippen LogP contribution < -0.4 is 5.32 Å². The molecule has 1 aliphatic rings. The first-order valence-electron chi connectivity index (χ1n) is 7.16. The lowest BCUT2D eigenvalue weighted by molar-refractivity contribution is -0.212. The van der Waals surface area contributed by atoms with E-state index in [9.17, 15) is 19.2 Å². The Morgan fingerprint density at radius 1 is 0.958 bits per heavy atom. The van der Waals surface area contributed by atoms with Crippen molar-refractivity contribution in [1.82, 2.24) is 5.32 Å². The molecule has 0 aliphatic carbocycles. The number of amides is 1. The third-order valence-corrected chi connectivity index (χ3v) is 3.43. The smallest absolute Gasteiger partial charge is 0.303 e. The van der Waals surface area contributed by atoms with Gasteiger partial charge in [0, 0.05) is 27.7 Å². The normalized spacial score (nSPS) is 29.3. The summed E-state index contributed by atoms with van der Waals surface area (Å²) < 4.78 is 20.7. The van der Waals surface area contributed by atoms with Crippen molar-refractivity contribution in [2.75, 3.05) is 6.61 Å². The molecule has 1 rings (SSSR count). The number of ether oxygens (including phenoxy) is 4. The molecule has 0 saturated carbocycles. The van der Waals surface area contributed by atoms with Crippen LogP contribution in [-0.4, -0.2) is 60.3 Å². The van der Waals surface area contributed by atoms with Gasteiger partial charge in [0.1, 0.15) is 18.8 Å². The number of nitrogens with one attached hydrogen (secondary N) is 1. The van der Waals surface area contributed by atoms with Crippen molar-refractivity contribution < 1.29 is 38.1 Å². The second-order valence-electron chi connectivity index (χ2n) is 5.20. The van der Waals surface area contributed by atoms with Gasteiger partial charge in [0.15, 0.2) is 17.8 Å². The average molecular weight is 366 g/mol. The van der Waals surface area contributed by atoms with Crippen molar-refractivity contribution in [1.29, 1.82) is 0 Å². The molecule has 0 aromatic carbocycles. The number of carbonyl (C=O) groups is 4. The van der Waals surface area contributed by atoms with Crippen LogP contribution in [0.1, 0.15) is 27.7 Å². The molecule has 5 atom stereocenters. The van der Waals surface area contributed by atoms with Crippen molar-refractivity contribution in [2.45, 2.75) is 57.6 Å². The van der Waals surface area contributed by atoms with E-state index >= 15 is 0 Å². The average Bonchev–Trinajstić information content (AvgIpc) is 2.42. The highest BCUT2D eigenvalue weighted by molar-refractivity contribution is 6.20. The molecule has 1 aliphatic heterocycles. The van der Waals surface area contributed by atoms with Gasteiger partial charge in [0.2, 0.25) is 5.91 Å². The van der Waals surface area contributed by atoms with Crippen LogP contribution in [0, 0.1) is 0 Å². The fourth-order valence-electron chi connectivity index (χ4n) is 2.28. The molecule has 1 amide bonds. The molecule has 24 heavy (non-hydrogen) atoms. The highest BCUT2D eigenvalue weighted by Gasteiger charge is 2.50. The van der Waals surface area contributed by atoms with Gasteiger partial charge in [-0.3, -0.25) is 19.2 Å². The minimum atomic E-state index is -1.11. The maximum atomic E-state index is 11.4. The molecular weight excluding hydrogens is 346 g/mol. The number of halogens is 1. The van der Waals surface area contributed by atoms with Crippen molar-refractivity contribution in [3.63, 3.8) is 0 Å². The van der Waals surface area contributed by atoms with Gasteiger partial charge in [-0.05, 0) is 0 Å². The molecule has 1 heterocycles. The standard InChI is InChI=1S/C14H20ClNO8/c1-6(17)16-11-13(23-9(4)20)12(22-8(3)19)10(24-14(11)15)5-21-7(2)18/h10-14H,5H2,1-4H3,(H,16,17)/t10?,11?,12-,13?,14+/m1/s1. The zero-order chi connectivity index (χ0) is 18.4. The first-order chi connectivity index (χ1) is 11.1. The number of hydrogen-bond acceptors (Lipinski definition) is 8. The molecule has 9 nitrogen and oxygen atoms in total. The Morgan fingerprint density at radius 2 is 1.50 bits per heavy atom. The molecule has 10 heteroatoms. The lowest BCUT2D eigenvalue weighted by Crippen LogP contribution is -2.64. The van der Waals surface area contributed by atoms with Crippen LogP contribution in [0.15, 0.2) is 0 Å². The van der Waals surface area contributed by atoms with Gasteiger partial charge >= 0.3 is 17.9 Å². The fourth-order valence-corrected chi connectivity index (χ4v) is 2.62. The lowest BCUT2D eigenvalue weighted by atomic mass is 9.97. The van der Waals surface area contributed by atoms with E-state index in [0.29, 0.717) is 0 Å². The van der Waals surface area contributed by atoms with Crippen LogP contribution in [0.5, 0.6) is 0 Å². The largest absolute Gasteiger partial charge is 0.463 e. The van der Waals surface area contributed by atoms with Gasteiger partial charge in [-0.25, -0.2) is 0 Å². The van der Waals surface area contributed by atoms with Gasteiger partial charge < -0.3 is 24.3 Å².